The summed E-state index contributed by atoms with van der Waals surface area (Å²) in [5.74, 6) is 1.20. The highest BCUT2D eigenvalue weighted by atomic mass is 127. The van der Waals surface area contributed by atoms with Crippen molar-refractivity contribution in [3.63, 3.8) is 0 Å². The number of likely N-dealkylation sites (N-methyl/N-ethyl adjacent to an activating group) is 1. The van der Waals surface area contributed by atoms with Gasteiger partial charge < -0.3 is 25.8 Å². The van der Waals surface area contributed by atoms with Crippen molar-refractivity contribution in [2.75, 3.05) is 25.6 Å². The lowest BCUT2D eigenvalue weighted by Gasteiger charge is -2.12. The predicted octanol–water partition coefficient (Wildman–Crippen LogP) is 3.37. The van der Waals surface area contributed by atoms with E-state index >= 15 is 0 Å². The minimum Gasteiger partial charge on any atom is -0.493 e. The van der Waals surface area contributed by atoms with Gasteiger partial charge in [0.2, 0.25) is 0 Å². The van der Waals surface area contributed by atoms with Crippen LogP contribution in [0.25, 0.3) is 0 Å². The highest BCUT2D eigenvalue weighted by Gasteiger charge is 2.08. The number of methoxy groups -OCH3 is 1. The molecule has 29 heavy (non-hydrogen) atoms. The van der Waals surface area contributed by atoms with E-state index in [0.717, 1.165) is 22.4 Å². The average Bonchev–Trinajstić information content (AvgIpc) is 2.64. The summed E-state index contributed by atoms with van der Waals surface area (Å²) in [7, 11) is 1.55. The quantitative estimate of drug-likeness (QED) is 0.286. The van der Waals surface area contributed by atoms with E-state index in [4.69, 9.17) is 15.2 Å². The van der Waals surface area contributed by atoms with E-state index in [-0.39, 0.29) is 36.5 Å². The zero-order valence-corrected chi connectivity index (χ0v) is 19.6. The van der Waals surface area contributed by atoms with Crippen molar-refractivity contribution in [1.82, 2.24) is 5.32 Å². The first-order chi connectivity index (χ1) is 13.4. The third-order valence-corrected chi connectivity index (χ3v) is 3.89. The number of carbonyl (C=O) groups is 1. The molecule has 0 aliphatic rings. The fraction of sp³-hybridized carbons (Fsp3) is 0.333. The van der Waals surface area contributed by atoms with Crippen LogP contribution in [-0.2, 0) is 11.3 Å². The number of nitrogens with one attached hydrogen (secondary N) is 2. The summed E-state index contributed by atoms with van der Waals surface area (Å²) in [5.41, 5.74) is 10.1. The minimum absolute atomic E-state index is 0. The molecular weight excluding hydrogens is 483 g/mol. The van der Waals surface area contributed by atoms with Gasteiger partial charge in [-0.25, -0.2) is 4.99 Å². The molecule has 0 fully saturated rings. The monoisotopic (exact) mass is 512 g/mol. The number of halogens is 1. The maximum atomic E-state index is 11.5. The number of aryl methyl sites for hydroxylation is 2. The van der Waals surface area contributed by atoms with Crippen molar-refractivity contribution in [2.24, 2.45) is 10.7 Å². The number of hydrogen-bond donors (Lipinski definition) is 3. The molecule has 0 unspecified atom stereocenters. The van der Waals surface area contributed by atoms with Crippen LogP contribution < -0.4 is 25.8 Å². The van der Waals surface area contributed by atoms with Crippen molar-refractivity contribution in [1.29, 1.82) is 0 Å². The van der Waals surface area contributed by atoms with Gasteiger partial charge in [0.15, 0.2) is 24.1 Å². The summed E-state index contributed by atoms with van der Waals surface area (Å²) in [6, 6.07) is 11.6. The number of benzene rings is 2. The molecule has 0 bridgehead atoms. The van der Waals surface area contributed by atoms with Crippen LogP contribution in [0.15, 0.2) is 41.4 Å². The first-order valence-corrected chi connectivity index (χ1v) is 9.13. The molecule has 0 saturated heterocycles. The summed E-state index contributed by atoms with van der Waals surface area (Å²) in [6.07, 6.45) is 0. The Bertz CT molecular complexity index is 836. The van der Waals surface area contributed by atoms with Crippen molar-refractivity contribution >= 4 is 41.5 Å². The Morgan fingerprint density at radius 2 is 1.79 bits per heavy atom. The fourth-order valence-electron chi connectivity index (χ4n) is 2.73. The van der Waals surface area contributed by atoms with Gasteiger partial charge in [0.05, 0.1) is 13.7 Å². The number of guanidine groups is 1. The van der Waals surface area contributed by atoms with Crippen LogP contribution in [0.1, 0.15) is 23.6 Å². The van der Waals surface area contributed by atoms with E-state index in [1.165, 1.54) is 0 Å². The van der Waals surface area contributed by atoms with Crippen LogP contribution in [0.5, 0.6) is 11.5 Å². The summed E-state index contributed by atoms with van der Waals surface area (Å²) in [4.78, 5) is 15.9. The third-order valence-electron chi connectivity index (χ3n) is 3.89. The van der Waals surface area contributed by atoms with Gasteiger partial charge in [-0.2, -0.15) is 0 Å². The first-order valence-electron chi connectivity index (χ1n) is 9.13. The van der Waals surface area contributed by atoms with Crippen LogP contribution in [-0.4, -0.2) is 32.1 Å². The maximum absolute atomic E-state index is 11.5. The number of carbonyl (C=O) groups excluding carboxylic acids is 1. The number of hydrogen-bond acceptors (Lipinski definition) is 4. The van der Waals surface area contributed by atoms with Gasteiger partial charge in [-0.05, 0) is 61.7 Å². The molecular formula is C21H29IN4O3. The van der Waals surface area contributed by atoms with E-state index in [2.05, 4.69) is 21.7 Å². The molecule has 4 N–H and O–H groups in total. The second kappa shape index (κ2) is 12.2. The Labute approximate surface area is 189 Å². The molecule has 2 aromatic rings. The normalized spacial score (nSPS) is 10.7. The standard InChI is InChI=1S/C21H28N4O3.HI/c1-5-23-20(26)13-28-18-7-6-16(11-19(18)27-4)12-24-21(22)25-17-9-14(2)8-15(3)10-17;/h6-11H,5,12-13H2,1-4H3,(H,23,26)(H3,22,24,25);1H. The van der Waals surface area contributed by atoms with Gasteiger partial charge in [-0.15, -0.1) is 24.0 Å². The van der Waals surface area contributed by atoms with E-state index in [9.17, 15) is 4.79 Å². The van der Waals surface area contributed by atoms with E-state index in [1.807, 2.05) is 45.0 Å². The molecule has 0 saturated carbocycles. The lowest BCUT2D eigenvalue weighted by Crippen LogP contribution is -2.28. The van der Waals surface area contributed by atoms with Crippen molar-refractivity contribution in [2.45, 2.75) is 27.3 Å². The molecule has 0 spiro atoms. The van der Waals surface area contributed by atoms with E-state index in [1.54, 1.807) is 13.2 Å². The second-order valence-electron chi connectivity index (χ2n) is 6.43. The highest BCUT2D eigenvalue weighted by Crippen LogP contribution is 2.28. The zero-order chi connectivity index (χ0) is 20.5. The van der Waals surface area contributed by atoms with Crippen LogP contribution in [0.4, 0.5) is 5.69 Å². The smallest absolute Gasteiger partial charge is 0.257 e. The van der Waals surface area contributed by atoms with Gasteiger partial charge in [0.25, 0.3) is 5.91 Å². The van der Waals surface area contributed by atoms with Gasteiger partial charge in [0.1, 0.15) is 0 Å². The van der Waals surface area contributed by atoms with Crippen LogP contribution in [0, 0.1) is 13.8 Å². The molecule has 158 valence electrons. The molecule has 0 aliphatic heterocycles. The van der Waals surface area contributed by atoms with Crippen LogP contribution >= 0.6 is 24.0 Å². The summed E-state index contributed by atoms with van der Waals surface area (Å²) < 4.78 is 10.9. The lowest BCUT2D eigenvalue weighted by atomic mass is 10.1. The Morgan fingerprint density at radius 1 is 1.10 bits per heavy atom. The van der Waals surface area contributed by atoms with Crippen molar-refractivity contribution < 1.29 is 14.3 Å². The molecule has 0 aliphatic carbocycles. The van der Waals surface area contributed by atoms with Crippen molar-refractivity contribution in [3.05, 3.63) is 53.1 Å². The molecule has 1 amide bonds. The number of rotatable bonds is 8. The fourth-order valence-corrected chi connectivity index (χ4v) is 2.73. The summed E-state index contributed by atoms with van der Waals surface area (Å²) in [5, 5.41) is 5.79. The number of nitrogens with two attached hydrogens (primary N) is 1. The molecule has 2 rings (SSSR count). The second-order valence-corrected chi connectivity index (χ2v) is 6.43. The van der Waals surface area contributed by atoms with Crippen LogP contribution in [0.2, 0.25) is 0 Å². The zero-order valence-electron chi connectivity index (χ0n) is 17.2. The number of ether oxygens (including phenoxy) is 2. The Hall–Kier alpha value is -2.49. The SMILES string of the molecule is CCNC(=O)COc1ccc(CN=C(N)Nc2cc(C)cc(C)c2)cc1OC.I. The lowest BCUT2D eigenvalue weighted by molar-refractivity contribution is -0.123. The Balaban J connectivity index is 0.00000420. The summed E-state index contributed by atoms with van der Waals surface area (Å²) in [6.45, 7) is 6.81. The van der Waals surface area contributed by atoms with Gasteiger partial charge >= 0.3 is 0 Å². The first kappa shape index (κ1) is 24.5. The third kappa shape index (κ3) is 8.18. The predicted molar refractivity (Wildman–Crippen MR) is 127 cm³/mol. The van der Waals surface area contributed by atoms with Gasteiger partial charge in [-0.1, -0.05) is 12.1 Å². The largest absolute Gasteiger partial charge is 0.493 e. The number of anilines is 1. The van der Waals surface area contributed by atoms with E-state index < -0.39 is 0 Å². The highest BCUT2D eigenvalue weighted by molar-refractivity contribution is 14.0. The minimum atomic E-state index is -0.177. The summed E-state index contributed by atoms with van der Waals surface area (Å²) >= 11 is 0. The average molecular weight is 512 g/mol. The molecule has 7 nitrogen and oxygen atoms in total. The molecule has 0 atom stereocenters. The van der Waals surface area contributed by atoms with Crippen LogP contribution in [0.3, 0.4) is 0 Å². The maximum Gasteiger partial charge on any atom is 0.257 e. The molecule has 0 heterocycles. The molecule has 2 aromatic carbocycles. The van der Waals surface area contributed by atoms with E-state index in [0.29, 0.717) is 30.5 Å². The van der Waals surface area contributed by atoms with Gasteiger partial charge in [-0.3, -0.25) is 4.79 Å². The number of nitrogens with zero attached hydrogens (tertiary/aromatic N) is 1. The molecule has 0 aromatic heterocycles. The number of aliphatic imine (C=N–C) groups is 1. The Morgan fingerprint density at radius 3 is 2.41 bits per heavy atom. The number of amides is 1. The molecule has 0 radical (unpaired) electrons. The molecule has 8 heteroatoms. The van der Waals surface area contributed by atoms with Crippen molar-refractivity contribution in [3.8, 4) is 11.5 Å². The Kier molecular flexibility index (Phi) is 10.3. The van der Waals surface area contributed by atoms with Gasteiger partial charge in [0, 0.05) is 12.2 Å². The topological polar surface area (TPSA) is 98.0 Å².